The molecule has 1 N–H and O–H groups in total. The Morgan fingerprint density at radius 3 is 3.05 bits per heavy atom. The second-order valence-corrected chi connectivity index (χ2v) is 7.18. The number of hydrogen-bond acceptors (Lipinski definition) is 5. The Balaban J connectivity index is 1.66. The maximum Gasteiger partial charge on any atom is 0.216 e. The molecule has 1 aliphatic carbocycles. The predicted octanol–water partition coefficient (Wildman–Crippen LogP) is 2.49. The molecule has 3 rings (SSSR count). The van der Waals surface area contributed by atoms with Crippen LogP contribution in [0.3, 0.4) is 0 Å². The standard InChI is InChI=1S/C14H18N4OS2/c1-10(19)15-6-8-21-14-17-16-13(18(14)11-4-5-11)9-12-3-2-7-20-12/h2-3,7,11H,4-6,8-9H2,1H3,(H,15,19). The number of nitrogens with zero attached hydrogens (tertiary/aromatic N) is 3. The minimum atomic E-state index is 0.0117. The second kappa shape index (κ2) is 6.62. The van der Waals surface area contributed by atoms with Crippen LogP contribution in [0.4, 0.5) is 0 Å². The predicted molar refractivity (Wildman–Crippen MR) is 84.8 cm³/mol. The monoisotopic (exact) mass is 322 g/mol. The van der Waals surface area contributed by atoms with E-state index in [4.69, 9.17) is 0 Å². The number of rotatable bonds is 7. The van der Waals surface area contributed by atoms with Crippen LogP contribution in [-0.2, 0) is 11.2 Å². The maximum absolute atomic E-state index is 10.9. The first-order chi connectivity index (χ1) is 10.2. The van der Waals surface area contributed by atoms with Crippen molar-refractivity contribution in [3.8, 4) is 0 Å². The molecule has 2 heterocycles. The van der Waals surface area contributed by atoms with E-state index < -0.39 is 0 Å². The molecule has 0 saturated heterocycles. The van der Waals surface area contributed by atoms with Crippen LogP contribution in [0.1, 0.15) is 36.5 Å². The number of carbonyl (C=O) groups excluding carboxylic acids is 1. The van der Waals surface area contributed by atoms with Crippen LogP contribution in [0.2, 0.25) is 0 Å². The third-order valence-corrected chi connectivity index (χ3v) is 5.09. The van der Waals surface area contributed by atoms with Crippen LogP contribution < -0.4 is 5.32 Å². The highest BCUT2D eigenvalue weighted by molar-refractivity contribution is 7.99. The second-order valence-electron chi connectivity index (χ2n) is 5.09. The van der Waals surface area contributed by atoms with Gasteiger partial charge in [-0.1, -0.05) is 17.8 Å². The molecule has 0 aromatic carbocycles. The van der Waals surface area contributed by atoms with E-state index in [1.807, 2.05) is 0 Å². The van der Waals surface area contributed by atoms with Crippen molar-refractivity contribution in [2.45, 2.75) is 37.4 Å². The zero-order valence-electron chi connectivity index (χ0n) is 11.9. The fourth-order valence-corrected chi connectivity index (χ4v) is 3.74. The summed E-state index contributed by atoms with van der Waals surface area (Å²) in [5.41, 5.74) is 0. The van der Waals surface area contributed by atoms with E-state index in [-0.39, 0.29) is 5.91 Å². The van der Waals surface area contributed by atoms with Gasteiger partial charge in [0.25, 0.3) is 0 Å². The van der Waals surface area contributed by atoms with Crippen LogP contribution in [0.25, 0.3) is 0 Å². The van der Waals surface area contributed by atoms with E-state index in [2.05, 4.69) is 37.6 Å². The van der Waals surface area contributed by atoms with Gasteiger partial charge in [-0.15, -0.1) is 21.5 Å². The normalized spacial score (nSPS) is 14.3. The molecule has 2 aromatic heterocycles. The molecule has 2 aromatic rings. The number of carbonyl (C=O) groups is 1. The van der Waals surface area contributed by atoms with E-state index in [1.165, 1.54) is 24.6 Å². The van der Waals surface area contributed by atoms with Crippen LogP contribution in [-0.4, -0.2) is 33.0 Å². The molecule has 1 saturated carbocycles. The van der Waals surface area contributed by atoms with Crippen molar-refractivity contribution in [3.63, 3.8) is 0 Å². The number of amides is 1. The van der Waals surface area contributed by atoms with E-state index in [9.17, 15) is 4.79 Å². The summed E-state index contributed by atoms with van der Waals surface area (Å²) in [7, 11) is 0. The van der Waals surface area contributed by atoms with Crippen molar-refractivity contribution in [1.29, 1.82) is 0 Å². The Morgan fingerprint density at radius 2 is 2.38 bits per heavy atom. The van der Waals surface area contributed by atoms with Crippen LogP contribution >= 0.6 is 23.1 Å². The molecule has 5 nitrogen and oxygen atoms in total. The fraction of sp³-hybridized carbons (Fsp3) is 0.500. The van der Waals surface area contributed by atoms with Gasteiger partial charge in [0, 0.05) is 36.6 Å². The van der Waals surface area contributed by atoms with Gasteiger partial charge in [0.05, 0.1) is 0 Å². The zero-order valence-corrected chi connectivity index (χ0v) is 13.5. The molecule has 21 heavy (non-hydrogen) atoms. The average Bonchev–Trinajstić information content (AvgIpc) is 3.01. The maximum atomic E-state index is 10.9. The third kappa shape index (κ3) is 3.85. The molecule has 112 valence electrons. The van der Waals surface area contributed by atoms with Crippen molar-refractivity contribution in [1.82, 2.24) is 20.1 Å². The molecule has 1 aliphatic rings. The Labute approximate surface area is 132 Å². The minimum Gasteiger partial charge on any atom is -0.356 e. The van der Waals surface area contributed by atoms with Gasteiger partial charge in [-0.25, -0.2) is 0 Å². The molecule has 0 spiro atoms. The van der Waals surface area contributed by atoms with Crippen molar-refractivity contribution >= 4 is 29.0 Å². The van der Waals surface area contributed by atoms with Gasteiger partial charge >= 0.3 is 0 Å². The lowest BCUT2D eigenvalue weighted by atomic mass is 10.3. The highest BCUT2D eigenvalue weighted by Crippen LogP contribution is 2.39. The van der Waals surface area contributed by atoms with Gasteiger partial charge in [-0.2, -0.15) is 0 Å². The molecule has 0 bridgehead atoms. The van der Waals surface area contributed by atoms with E-state index in [0.717, 1.165) is 23.2 Å². The highest BCUT2D eigenvalue weighted by atomic mass is 32.2. The van der Waals surface area contributed by atoms with Crippen molar-refractivity contribution in [2.75, 3.05) is 12.3 Å². The Kier molecular flexibility index (Phi) is 4.60. The summed E-state index contributed by atoms with van der Waals surface area (Å²) < 4.78 is 2.29. The Morgan fingerprint density at radius 1 is 1.52 bits per heavy atom. The smallest absolute Gasteiger partial charge is 0.216 e. The van der Waals surface area contributed by atoms with Gasteiger partial charge in [0.15, 0.2) is 5.16 Å². The molecular formula is C14H18N4OS2. The summed E-state index contributed by atoms with van der Waals surface area (Å²) in [5.74, 6) is 1.89. The van der Waals surface area contributed by atoms with E-state index in [0.29, 0.717) is 12.6 Å². The molecular weight excluding hydrogens is 304 g/mol. The largest absolute Gasteiger partial charge is 0.356 e. The first-order valence-electron chi connectivity index (χ1n) is 7.07. The first kappa shape index (κ1) is 14.6. The molecule has 0 atom stereocenters. The van der Waals surface area contributed by atoms with Gasteiger partial charge in [0.2, 0.25) is 5.91 Å². The number of thiophene rings is 1. The lowest BCUT2D eigenvalue weighted by Crippen LogP contribution is -2.22. The number of hydrogen-bond donors (Lipinski definition) is 1. The molecule has 1 amide bonds. The molecule has 7 heteroatoms. The Hall–Kier alpha value is -1.34. The van der Waals surface area contributed by atoms with Crippen molar-refractivity contribution in [2.24, 2.45) is 0 Å². The quantitative estimate of drug-likeness (QED) is 0.628. The van der Waals surface area contributed by atoms with Crippen LogP contribution in [0.15, 0.2) is 22.7 Å². The van der Waals surface area contributed by atoms with Gasteiger partial charge in [-0.05, 0) is 24.3 Å². The summed E-state index contributed by atoms with van der Waals surface area (Å²) in [6.45, 7) is 2.20. The Bertz CT molecular complexity index is 605. The third-order valence-electron chi connectivity index (χ3n) is 3.27. The van der Waals surface area contributed by atoms with Gasteiger partial charge < -0.3 is 9.88 Å². The molecule has 0 radical (unpaired) electrons. The van der Waals surface area contributed by atoms with Crippen LogP contribution in [0, 0.1) is 0 Å². The number of thioether (sulfide) groups is 1. The number of nitrogens with one attached hydrogen (secondary N) is 1. The molecule has 0 unspecified atom stereocenters. The van der Waals surface area contributed by atoms with E-state index in [1.54, 1.807) is 23.1 Å². The summed E-state index contributed by atoms with van der Waals surface area (Å²) >= 11 is 3.43. The summed E-state index contributed by atoms with van der Waals surface area (Å²) in [5, 5.41) is 14.6. The minimum absolute atomic E-state index is 0.0117. The first-order valence-corrected chi connectivity index (χ1v) is 8.94. The number of aromatic nitrogens is 3. The fourth-order valence-electron chi connectivity index (χ4n) is 2.16. The molecule has 1 fully saturated rings. The zero-order chi connectivity index (χ0) is 14.7. The van der Waals surface area contributed by atoms with E-state index >= 15 is 0 Å². The summed E-state index contributed by atoms with van der Waals surface area (Å²) in [6, 6.07) is 4.78. The lowest BCUT2D eigenvalue weighted by molar-refractivity contribution is -0.118. The van der Waals surface area contributed by atoms with Crippen molar-refractivity contribution < 1.29 is 4.79 Å². The lowest BCUT2D eigenvalue weighted by Gasteiger charge is -2.08. The topological polar surface area (TPSA) is 59.8 Å². The van der Waals surface area contributed by atoms with Gasteiger partial charge in [-0.3, -0.25) is 4.79 Å². The highest BCUT2D eigenvalue weighted by Gasteiger charge is 2.29. The summed E-state index contributed by atoms with van der Waals surface area (Å²) in [4.78, 5) is 12.2. The SMILES string of the molecule is CC(=O)NCCSc1nnc(Cc2cccs2)n1C1CC1. The summed E-state index contributed by atoms with van der Waals surface area (Å²) in [6.07, 6.45) is 3.29. The van der Waals surface area contributed by atoms with Gasteiger partial charge in [0.1, 0.15) is 5.82 Å². The molecule has 0 aliphatic heterocycles. The average molecular weight is 322 g/mol. The van der Waals surface area contributed by atoms with Crippen LogP contribution in [0.5, 0.6) is 0 Å². The van der Waals surface area contributed by atoms with Crippen molar-refractivity contribution in [3.05, 3.63) is 28.2 Å².